The van der Waals surface area contributed by atoms with Gasteiger partial charge in [0, 0.05) is 30.9 Å². The normalized spacial score (nSPS) is 23.2. The number of hydrogen-bond donors (Lipinski definition) is 1. The average Bonchev–Trinajstić information content (AvgIpc) is 3.04. The first-order chi connectivity index (χ1) is 7.34. The molecule has 2 fully saturated rings. The molecule has 0 unspecified atom stereocenters. The Balaban J connectivity index is 1.86. The van der Waals surface area contributed by atoms with E-state index in [1.807, 2.05) is 0 Å². The van der Waals surface area contributed by atoms with Gasteiger partial charge in [-0.15, -0.1) is 0 Å². The van der Waals surface area contributed by atoms with Crippen molar-refractivity contribution in [1.29, 1.82) is 0 Å². The van der Waals surface area contributed by atoms with Crippen molar-refractivity contribution in [1.82, 2.24) is 9.78 Å². The van der Waals surface area contributed by atoms with Crippen LogP contribution in [0.5, 0.6) is 0 Å². The smallest absolute Gasteiger partial charge is 0.266 e. The van der Waals surface area contributed by atoms with Crippen LogP contribution in [0, 0.1) is 0 Å². The summed E-state index contributed by atoms with van der Waals surface area (Å²) in [4.78, 5) is 11.8. The van der Waals surface area contributed by atoms with E-state index in [1.165, 1.54) is 12.8 Å². The lowest BCUT2D eigenvalue weighted by molar-refractivity contribution is 0.0652. The fourth-order valence-corrected chi connectivity index (χ4v) is 2.25. The lowest BCUT2D eigenvalue weighted by Crippen LogP contribution is -2.27. The highest BCUT2D eigenvalue weighted by molar-refractivity contribution is 5.13. The second-order valence-electron chi connectivity index (χ2n) is 4.54. The van der Waals surface area contributed by atoms with Gasteiger partial charge in [0.2, 0.25) is 0 Å². The molecule has 1 aliphatic carbocycles. The molecular weight excluding hydrogens is 192 g/mol. The number of nitrogens with zero attached hydrogens (tertiary/aromatic N) is 1. The molecule has 1 aromatic heterocycles. The molecule has 4 heteroatoms. The largest absolute Gasteiger partial charge is 0.381 e. The highest BCUT2D eigenvalue weighted by atomic mass is 16.5. The van der Waals surface area contributed by atoms with Crippen molar-refractivity contribution >= 4 is 0 Å². The second-order valence-corrected chi connectivity index (χ2v) is 4.54. The summed E-state index contributed by atoms with van der Waals surface area (Å²) in [5.41, 5.74) is 1.26. The molecule has 15 heavy (non-hydrogen) atoms. The highest BCUT2D eigenvalue weighted by Crippen LogP contribution is 2.38. The number of H-pyrrole nitrogens is 1. The minimum absolute atomic E-state index is 0.129. The van der Waals surface area contributed by atoms with E-state index in [0.717, 1.165) is 31.7 Å². The predicted octanol–water partition coefficient (Wildman–Crippen LogP) is 1.41. The summed E-state index contributed by atoms with van der Waals surface area (Å²) in [6.07, 6.45) is 4.36. The van der Waals surface area contributed by atoms with Gasteiger partial charge < -0.3 is 4.74 Å². The monoisotopic (exact) mass is 208 g/mol. The van der Waals surface area contributed by atoms with Gasteiger partial charge in [-0.05, 0) is 25.7 Å². The van der Waals surface area contributed by atoms with Crippen LogP contribution in [0.2, 0.25) is 0 Å². The van der Waals surface area contributed by atoms with Crippen molar-refractivity contribution in [3.05, 3.63) is 22.1 Å². The van der Waals surface area contributed by atoms with Gasteiger partial charge in [-0.3, -0.25) is 9.89 Å². The van der Waals surface area contributed by atoms with Crippen LogP contribution < -0.4 is 5.56 Å². The molecule has 0 atom stereocenters. The first kappa shape index (κ1) is 9.21. The number of rotatable bonds is 2. The van der Waals surface area contributed by atoms with Crippen molar-refractivity contribution in [3.8, 4) is 0 Å². The third kappa shape index (κ3) is 1.74. The number of nitrogens with one attached hydrogen (secondary N) is 1. The van der Waals surface area contributed by atoms with Crippen LogP contribution >= 0.6 is 0 Å². The Morgan fingerprint density at radius 1 is 1.27 bits per heavy atom. The third-order valence-corrected chi connectivity index (χ3v) is 3.34. The predicted molar refractivity (Wildman–Crippen MR) is 56.1 cm³/mol. The number of aromatic amines is 1. The van der Waals surface area contributed by atoms with Gasteiger partial charge in [-0.2, -0.15) is 0 Å². The van der Waals surface area contributed by atoms with Crippen molar-refractivity contribution in [2.24, 2.45) is 0 Å². The van der Waals surface area contributed by atoms with E-state index >= 15 is 0 Å². The maximum atomic E-state index is 11.8. The highest BCUT2D eigenvalue weighted by Gasteiger charge is 2.27. The zero-order valence-electron chi connectivity index (χ0n) is 8.74. The zero-order chi connectivity index (χ0) is 10.3. The molecule has 82 valence electrons. The standard InChI is InChI=1S/C11H16N2O2/c14-11-7-10(8-1-2-8)12-13(11)9-3-5-15-6-4-9/h7-9,12H,1-6H2. The first-order valence-corrected chi connectivity index (χ1v) is 5.74. The fraction of sp³-hybridized carbons (Fsp3) is 0.727. The van der Waals surface area contributed by atoms with Crippen LogP contribution in [0.1, 0.15) is 43.3 Å². The van der Waals surface area contributed by atoms with E-state index < -0.39 is 0 Å². The lowest BCUT2D eigenvalue weighted by Gasteiger charge is -2.22. The van der Waals surface area contributed by atoms with Crippen molar-refractivity contribution in [3.63, 3.8) is 0 Å². The average molecular weight is 208 g/mol. The number of aromatic nitrogens is 2. The minimum atomic E-state index is 0.129. The number of hydrogen-bond acceptors (Lipinski definition) is 2. The molecule has 0 radical (unpaired) electrons. The zero-order valence-corrected chi connectivity index (χ0v) is 8.74. The van der Waals surface area contributed by atoms with E-state index in [-0.39, 0.29) is 5.56 Å². The summed E-state index contributed by atoms with van der Waals surface area (Å²) < 4.78 is 7.10. The van der Waals surface area contributed by atoms with Gasteiger partial charge in [0.05, 0.1) is 6.04 Å². The van der Waals surface area contributed by atoms with E-state index in [0.29, 0.717) is 12.0 Å². The van der Waals surface area contributed by atoms with Crippen LogP contribution in [-0.4, -0.2) is 23.0 Å². The molecule has 0 aromatic carbocycles. The van der Waals surface area contributed by atoms with Crippen LogP contribution in [0.15, 0.2) is 10.9 Å². The SMILES string of the molecule is O=c1cc(C2CC2)[nH]n1C1CCOCC1. The van der Waals surface area contributed by atoms with Crippen LogP contribution in [0.3, 0.4) is 0 Å². The molecule has 1 aromatic rings. The van der Waals surface area contributed by atoms with E-state index in [9.17, 15) is 4.79 Å². The Hall–Kier alpha value is -1.03. The van der Waals surface area contributed by atoms with Crippen molar-refractivity contribution < 1.29 is 4.74 Å². The first-order valence-electron chi connectivity index (χ1n) is 5.74. The van der Waals surface area contributed by atoms with E-state index in [4.69, 9.17) is 4.74 Å². The fourth-order valence-electron chi connectivity index (χ4n) is 2.25. The summed E-state index contributed by atoms with van der Waals surface area (Å²) in [6, 6.07) is 2.09. The molecule has 0 amide bonds. The minimum Gasteiger partial charge on any atom is -0.381 e. The Bertz CT molecular complexity index is 397. The van der Waals surface area contributed by atoms with Crippen LogP contribution in [0.25, 0.3) is 0 Å². The molecule has 2 aliphatic rings. The molecule has 4 nitrogen and oxygen atoms in total. The molecule has 3 rings (SSSR count). The molecule has 0 bridgehead atoms. The summed E-state index contributed by atoms with van der Waals surface area (Å²) in [5, 5.41) is 3.26. The Labute approximate surface area is 88.2 Å². The number of ether oxygens (including phenoxy) is 1. The van der Waals surface area contributed by atoms with E-state index in [2.05, 4.69) is 5.10 Å². The van der Waals surface area contributed by atoms with Crippen molar-refractivity contribution in [2.75, 3.05) is 13.2 Å². The molecule has 0 spiro atoms. The topological polar surface area (TPSA) is 47.0 Å². The maximum Gasteiger partial charge on any atom is 0.266 e. The Morgan fingerprint density at radius 2 is 2.00 bits per heavy atom. The summed E-state index contributed by atoms with van der Waals surface area (Å²) >= 11 is 0. The van der Waals surface area contributed by atoms with Crippen LogP contribution in [-0.2, 0) is 4.74 Å². The second kappa shape index (κ2) is 3.52. The molecular formula is C11H16N2O2. The Kier molecular flexibility index (Phi) is 2.16. The summed E-state index contributed by atoms with van der Waals surface area (Å²) in [5.74, 6) is 0.624. The quantitative estimate of drug-likeness (QED) is 0.798. The van der Waals surface area contributed by atoms with Gasteiger partial charge in [-0.25, -0.2) is 4.68 Å². The van der Waals surface area contributed by atoms with Gasteiger partial charge in [-0.1, -0.05) is 0 Å². The molecule has 2 heterocycles. The maximum absolute atomic E-state index is 11.8. The lowest BCUT2D eigenvalue weighted by atomic mass is 10.1. The molecule has 1 N–H and O–H groups in total. The van der Waals surface area contributed by atoms with Crippen molar-refractivity contribution in [2.45, 2.75) is 37.6 Å². The van der Waals surface area contributed by atoms with Gasteiger partial charge in [0.1, 0.15) is 0 Å². The molecule has 1 saturated carbocycles. The van der Waals surface area contributed by atoms with Gasteiger partial charge in [0.15, 0.2) is 0 Å². The summed E-state index contributed by atoms with van der Waals surface area (Å²) in [7, 11) is 0. The third-order valence-electron chi connectivity index (χ3n) is 3.34. The molecule has 1 aliphatic heterocycles. The Morgan fingerprint density at radius 3 is 2.67 bits per heavy atom. The summed E-state index contributed by atoms with van der Waals surface area (Å²) in [6.45, 7) is 1.55. The van der Waals surface area contributed by atoms with E-state index in [1.54, 1.807) is 10.7 Å². The van der Waals surface area contributed by atoms with Gasteiger partial charge >= 0.3 is 0 Å². The van der Waals surface area contributed by atoms with Gasteiger partial charge in [0.25, 0.3) is 5.56 Å². The van der Waals surface area contributed by atoms with Crippen LogP contribution in [0.4, 0.5) is 0 Å². The molecule has 1 saturated heterocycles.